The molecule has 1 aliphatic rings. The first-order chi connectivity index (χ1) is 26.0. The van der Waals surface area contributed by atoms with E-state index in [4.69, 9.17) is 14.2 Å². The van der Waals surface area contributed by atoms with Gasteiger partial charge in [-0.2, -0.15) is 0 Å². The smallest absolute Gasteiger partial charge is 0.411 e. The van der Waals surface area contributed by atoms with Crippen molar-refractivity contribution in [3.05, 3.63) is 155 Å². The first kappa shape index (κ1) is 37.7. The van der Waals surface area contributed by atoms with Crippen molar-refractivity contribution < 1.29 is 33.7 Å². The summed E-state index contributed by atoms with van der Waals surface area (Å²) in [6.07, 6.45) is 0.305. The Morgan fingerprint density at radius 1 is 0.741 bits per heavy atom. The van der Waals surface area contributed by atoms with Crippen LogP contribution in [0.15, 0.2) is 127 Å². The van der Waals surface area contributed by atoms with Crippen molar-refractivity contribution >= 4 is 18.0 Å². The Morgan fingerprint density at radius 3 is 2.04 bits per heavy atom. The fourth-order valence-electron chi connectivity index (χ4n) is 6.34. The van der Waals surface area contributed by atoms with Crippen LogP contribution in [-0.2, 0) is 46.7 Å². The second-order valence-corrected chi connectivity index (χ2v) is 14.4. The highest BCUT2D eigenvalue weighted by atomic mass is 16.6. The number of ether oxygens (including phenoxy) is 3. The van der Waals surface area contributed by atoms with Crippen molar-refractivity contribution in [1.82, 2.24) is 10.2 Å². The van der Waals surface area contributed by atoms with E-state index in [1.165, 1.54) is 4.90 Å². The quantitative estimate of drug-likeness (QED) is 0.126. The lowest BCUT2D eigenvalue weighted by atomic mass is 9.93. The number of carboxylic acid groups (broad SMARTS) is 1. The molecule has 0 spiro atoms. The number of fused-ring (bicyclic) bond motifs is 1. The van der Waals surface area contributed by atoms with Gasteiger partial charge in [0.15, 0.2) is 0 Å². The molecule has 0 aliphatic carbocycles. The summed E-state index contributed by atoms with van der Waals surface area (Å²) in [5.41, 5.74) is 5.94. The van der Waals surface area contributed by atoms with Crippen molar-refractivity contribution in [2.45, 2.75) is 70.9 Å². The minimum Gasteiger partial charge on any atom is -0.493 e. The number of amides is 2. The van der Waals surface area contributed by atoms with E-state index in [1.54, 1.807) is 20.8 Å². The molecule has 0 bridgehead atoms. The topological polar surface area (TPSA) is 114 Å². The summed E-state index contributed by atoms with van der Waals surface area (Å²) in [5.74, 6) is -0.277. The van der Waals surface area contributed by atoms with Crippen LogP contribution in [0.3, 0.4) is 0 Å². The number of carboxylic acids is 1. The predicted octanol–water partition coefficient (Wildman–Crippen LogP) is 8.03. The van der Waals surface area contributed by atoms with Gasteiger partial charge in [0.2, 0.25) is 5.91 Å². The van der Waals surface area contributed by atoms with Gasteiger partial charge >= 0.3 is 12.1 Å². The number of rotatable bonds is 13. The van der Waals surface area contributed by atoms with Crippen LogP contribution in [0, 0.1) is 0 Å². The van der Waals surface area contributed by atoms with E-state index in [-0.39, 0.29) is 19.4 Å². The molecule has 2 N–H and O–H groups in total. The number of carbonyl (C=O) groups excluding carboxylic acids is 2. The monoisotopic (exact) mass is 726 g/mol. The predicted molar refractivity (Wildman–Crippen MR) is 207 cm³/mol. The summed E-state index contributed by atoms with van der Waals surface area (Å²) in [6, 6.07) is 39.0. The largest absolute Gasteiger partial charge is 0.493 e. The van der Waals surface area contributed by atoms with E-state index in [0.29, 0.717) is 25.4 Å². The van der Waals surface area contributed by atoms with Gasteiger partial charge in [0, 0.05) is 19.3 Å². The van der Waals surface area contributed by atoms with Gasteiger partial charge in [0.25, 0.3) is 0 Å². The molecule has 2 atom stereocenters. The third kappa shape index (κ3) is 10.3. The molecule has 278 valence electrons. The molecule has 1 unspecified atom stereocenters. The van der Waals surface area contributed by atoms with Gasteiger partial charge in [-0.1, -0.05) is 103 Å². The van der Waals surface area contributed by atoms with E-state index >= 15 is 0 Å². The van der Waals surface area contributed by atoms with Crippen molar-refractivity contribution in [1.29, 1.82) is 0 Å². The lowest BCUT2D eigenvalue weighted by Gasteiger charge is -2.37. The average Bonchev–Trinajstić information content (AvgIpc) is 3.17. The number of aliphatic carboxylic acids is 1. The van der Waals surface area contributed by atoms with Gasteiger partial charge in [-0.25, -0.2) is 9.59 Å². The molecule has 9 heteroatoms. The van der Waals surface area contributed by atoms with E-state index in [2.05, 4.69) is 5.32 Å². The number of nitrogens with one attached hydrogen (secondary N) is 1. The molecule has 1 aliphatic heterocycles. The maximum atomic E-state index is 13.8. The zero-order chi connectivity index (χ0) is 38.1. The van der Waals surface area contributed by atoms with Crippen LogP contribution in [0.2, 0.25) is 0 Å². The second-order valence-electron chi connectivity index (χ2n) is 14.4. The molecule has 9 nitrogen and oxygen atoms in total. The molecule has 5 aromatic rings. The van der Waals surface area contributed by atoms with Gasteiger partial charge < -0.3 is 24.6 Å². The van der Waals surface area contributed by atoms with Gasteiger partial charge in [-0.3, -0.25) is 9.69 Å². The Labute approximate surface area is 316 Å². The van der Waals surface area contributed by atoms with Crippen LogP contribution in [0.1, 0.15) is 48.6 Å². The second kappa shape index (κ2) is 17.2. The van der Waals surface area contributed by atoms with Gasteiger partial charge in [-0.05, 0) is 84.0 Å². The van der Waals surface area contributed by atoms with Crippen molar-refractivity contribution in [2.24, 2.45) is 0 Å². The first-order valence-electron chi connectivity index (χ1n) is 18.2. The van der Waals surface area contributed by atoms with Crippen LogP contribution in [0.25, 0.3) is 11.1 Å². The van der Waals surface area contributed by atoms with Crippen LogP contribution in [0.4, 0.5) is 4.79 Å². The number of carbonyl (C=O) groups is 3. The average molecular weight is 727 g/mol. The molecule has 0 saturated carbocycles. The zero-order valence-electron chi connectivity index (χ0n) is 30.9. The lowest BCUT2D eigenvalue weighted by Crippen LogP contribution is -2.56. The van der Waals surface area contributed by atoms with E-state index < -0.39 is 35.7 Å². The summed E-state index contributed by atoms with van der Waals surface area (Å²) >= 11 is 0. The van der Waals surface area contributed by atoms with E-state index in [1.807, 2.05) is 127 Å². The highest BCUT2D eigenvalue weighted by Crippen LogP contribution is 2.29. The zero-order valence-corrected chi connectivity index (χ0v) is 30.9. The molecule has 1 heterocycles. The SMILES string of the molecule is CC(C)(C)OC(=O)N1Cc2cc(OCCc3ccc(OCc4ccccc4)cc3)ccc2CC1C(=O)N[C@@H](Cc1ccc(-c2ccccc2)cc1)C(=O)O. The van der Waals surface area contributed by atoms with Crippen LogP contribution >= 0.6 is 0 Å². The fourth-order valence-corrected chi connectivity index (χ4v) is 6.34. The molecule has 0 saturated heterocycles. The Hall–Kier alpha value is -6.09. The molecule has 6 rings (SSSR count). The first-order valence-corrected chi connectivity index (χ1v) is 18.2. The summed E-state index contributed by atoms with van der Waals surface area (Å²) in [6.45, 7) is 6.33. The standard InChI is InChI=1S/C45H46N2O7/c1-45(2,3)54-44(51)47-29-37-27-39(52-25-24-31-16-21-38(22-17-31)53-30-33-10-6-4-7-11-33)23-20-36(37)28-41(47)42(48)46-40(43(49)50)26-32-14-18-35(19-15-32)34-12-8-5-9-13-34/h4-23,27,40-41H,24-26,28-30H2,1-3H3,(H,46,48)(H,49,50)/t40-,41?/m0/s1. The van der Waals surface area contributed by atoms with Crippen molar-refractivity contribution in [2.75, 3.05) is 6.61 Å². The van der Waals surface area contributed by atoms with E-state index in [9.17, 15) is 19.5 Å². The number of nitrogens with zero attached hydrogens (tertiary/aromatic N) is 1. The minimum atomic E-state index is -1.20. The molecule has 2 amide bonds. The molecular weight excluding hydrogens is 681 g/mol. The fraction of sp³-hybridized carbons (Fsp3) is 0.267. The van der Waals surface area contributed by atoms with Crippen LogP contribution in [0.5, 0.6) is 11.5 Å². The van der Waals surface area contributed by atoms with Gasteiger partial charge in [0.1, 0.15) is 35.8 Å². The minimum absolute atomic E-state index is 0.0821. The number of hydrogen-bond donors (Lipinski definition) is 2. The Morgan fingerprint density at radius 2 is 1.37 bits per heavy atom. The maximum Gasteiger partial charge on any atom is 0.411 e. The molecule has 0 radical (unpaired) electrons. The molecule has 0 fully saturated rings. The summed E-state index contributed by atoms with van der Waals surface area (Å²) in [4.78, 5) is 41.1. The molecular formula is C45H46N2O7. The van der Waals surface area contributed by atoms with Crippen LogP contribution in [-0.4, -0.2) is 52.3 Å². The normalized spacial score (nSPS) is 14.4. The van der Waals surface area contributed by atoms with E-state index in [0.717, 1.165) is 44.7 Å². The summed E-state index contributed by atoms with van der Waals surface area (Å²) < 4.78 is 17.7. The molecule has 5 aromatic carbocycles. The highest BCUT2D eigenvalue weighted by Gasteiger charge is 2.38. The summed E-state index contributed by atoms with van der Waals surface area (Å²) in [7, 11) is 0. The number of hydrogen-bond acceptors (Lipinski definition) is 6. The maximum absolute atomic E-state index is 13.8. The lowest BCUT2D eigenvalue weighted by molar-refractivity contribution is -0.142. The van der Waals surface area contributed by atoms with Gasteiger partial charge in [0.05, 0.1) is 13.2 Å². The highest BCUT2D eigenvalue weighted by molar-refractivity contribution is 5.90. The third-order valence-electron chi connectivity index (χ3n) is 9.19. The Kier molecular flexibility index (Phi) is 12.0. The number of benzene rings is 5. The van der Waals surface area contributed by atoms with Gasteiger partial charge in [-0.15, -0.1) is 0 Å². The summed E-state index contributed by atoms with van der Waals surface area (Å²) in [5, 5.41) is 12.8. The van der Waals surface area contributed by atoms with Crippen LogP contribution < -0.4 is 14.8 Å². The third-order valence-corrected chi connectivity index (χ3v) is 9.19. The van der Waals surface area contributed by atoms with Crippen molar-refractivity contribution in [3.8, 4) is 22.6 Å². The molecule has 54 heavy (non-hydrogen) atoms. The Bertz CT molecular complexity index is 2030. The Balaban J connectivity index is 1.09. The van der Waals surface area contributed by atoms with Crippen molar-refractivity contribution in [3.63, 3.8) is 0 Å². The molecule has 0 aromatic heterocycles.